The molecule has 8 heteroatoms. The molecule has 8 nitrogen and oxygen atoms in total. The summed E-state index contributed by atoms with van der Waals surface area (Å²) in [6, 6.07) is 3.93. The predicted molar refractivity (Wildman–Crippen MR) is 114 cm³/mol. The Morgan fingerprint density at radius 1 is 1.03 bits per heavy atom. The number of benzene rings is 1. The van der Waals surface area contributed by atoms with Crippen molar-refractivity contribution in [1.82, 2.24) is 19.7 Å². The minimum Gasteiger partial charge on any atom is -0.493 e. The highest BCUT2D eigenvalue weighted by Gasteiger charge is 2.20. The molecule has 0 amide bonds. The molecule has 0 unspecified atom stereocenters. The van der Waals surface area contributed by atoms with E-state index in [0.717, 1.165) is 41.0 Å². The highest BCUT2D eigenvalue weighted by atomic mass is 16.5. The predicted octanol–water partition coefficient (Wildman–Crippen LogP) is 3.83. The zero-order valence-corrected chi connectivity index (χ0v) is 18.2. The molecule has 0 bridgehead atoms. The van der Waals surface area contributed by atoms with E-state index in [9.17, 15) is 0 Å². The summed E-state index contributed by atoms with van der Waals surface area (Å²) in [5.41, 5.74) is 3.50. The lowest BCUT2D eigenvalue weighted by molar-refractivity contribution is 0.324. The fraction of sp³-hybridized carbons (Fsp3) is 0.476. The molecule has 0 spiro atoms. The van der Waals surface area contributed by atoms with Crippen molar-refractivity contribution in [3.05, 3.63) is 17.8 Å². The summed E-state index contributed by atoms with van der Waals surface area (Å²) >= 11 is 0. The van der Waals surface area contributed by atoms with Gasteiger partial charge in [0.15, 0.2) is 23.1 Å². The van der Waals surface area contributed by atoms with Crippen molar-refractivity contribution in [1.29, 1.82) is 0 Å². The van der Waals surface area contributed by atoms with Crippen LogP contribution in [0.3, 0.4) is 0 Å². The minimum absolute atomic E-state index is 0.213. The largest absolute Gasteiger partial charge is 0.493 e. The Morgan fingerprint density at radius 3 is 2.21 bits per heavy atom. The molecule has 0 fully saturated rings. The minimum atomic E-state index is 0.213. The Kier molecular flexibility index (Phi) is 6.10. The van der Waals surface area contributed by atoms with Crippen LogP contribution in [0, 0.1) is 0 Å². The van der Waals surface area contributed by atoms with Crippen LogP contribution in [0.15, 0.2) is 12.1 Å². The molecule has 0 aliphatic heterocycles. The van der Waals surface area contributed by atoms with Gasteiger partial charge in [-0.1, -0.05) is 13.3 Å². The summed E-state index contributed by atoms with van der Waals surface area (Å²) in [4.78, 5) is 9.69. The number of hydrogen-bond acceptors (Lipinski definition) is 7. The molecule has 0 saturated carbocycles. The zero-order valence-electron chi connectivity index (χ0n) is 18.2. The van der Waals surface area contributed by atoms with Crippen molar-refractivity contribution < 1.29 is 14.2 Å². The molecule has 29 heavy (non-hydrogen) atoms. The SMILES string of the molecule is CCCc1nn(C)c2c(NC(C)C)nc(-c3cc(OC)c(OC)c(OC)c3)nc12. The summed E-state index contributed by atoms with van der Waals surface area (Å²) in [5, 5.41) is 8.12. The van der Waals surface area contributed by atoms with E-state index >= 15 is 0 Å². The second-order valence-corrected chi connectivity index (χ2v) is 7.13. The van der Waals surface area contributed by atoms with E-state index in [1.165, 1.54) is 0 Å². The van der Waals surface area contributed by atoms with Crippen molar-refractivity contribution in [2.45, 2.75) is 39.7 Å². The van der Waals surface area contributed by atoms with Gasteiger partial charge in [0, 0.05) is 18.7 Å². The van der Waals surface area contributed by atoms with Gasteiger partial charge < -0.3 is 19.5 Å². The molecule has 1 aromatic carbocycles. The van der Waals surface area contributed by atoms with Crippen molar-refractivity contribution in [2.24, 2.45) is 7.05 Å². The Labute approximate surface area is 171 Å². The maximum Gasteiger partial charge on any atom is 0.203 e. The monoisotopic (exact) mass is 399 g/mol. The third-order valence-corrected chi connectivity index (χ3v) is 4.59. The molecule has 2 aromatic heterocycles. The first-order chi connectivity index (χ1) is 13.9. The lowest BCUT2D eigenvalue weighted by Crippen LogP contribution is -2.13. The van der Waals surface area contributed by atoms with Crippen molar-refractivity contribution in [3.63, 3.8) is 0 Å². The fourth-order valence-corrected chi connectivity index (χ4v) is 3.36. The summed E-state index contributed by atoms with van der Waals surface area (Å²) < 4.78 is 18.3. The molecule has 1 N–H and O–H groups in total. The first kappa shape index (κ1) is 20.7. The molecule has 2 heterocycles. The first-order valence-corrected chi connectivity index (χ1v) is 9.73. The van der Waals surface area contributed by atoms with E-state index in [-0.39, 0.29) is 6.04 Å². The molecule has 0 radical (unpaired) electrons. The zero-order chi connectivity index (χ0) is 21.1. The van der Waals surface area contributed by atoms with Gasteiger partial charge in [-0.15, -0.1) is 0 Å². The summed E-state index contributed by atoms with van der Waals surface area (Å²) in [7, 11) is 6.70. The van der Waals surface area contributed by atoms with Crippen LogP contribution in [0.25, 0.3) is 22.4 Å². The van der Waals surface area contributed by atoms with Gasteiger partial charge >= 0.3 is 0 Å². The van der Waals surface area contributed by atoms with Crippen molar-refractivity contribution in [3.8, 4) is 28.6 Å². The fourth-order valence-electron chi connectivity index (χ4n) is 3.36. The van der Waals surface area contributed by atoms with Crippen LogP contribution in [-0.4, -0.2) is 47.1 Å². The summed E-state index contributed by atoms with van der Waals surface area (Å²) in [6.45, 7) is 6.29. The number of hydrogen-bond donors (Lipinski definition) is 1. The molecule has 3 aromatic rings. The molecule has 3 rings (SSSR count). The number of fused-ring (bicyclic) bond motifs is 1. The van der Waals surface area contributed by atoms with Gasteiger partial charge in [-0.25, -0.2) is 9.97 Å². The maximum atomic E-state index is 5.50. The topological polar surface area (TPSA) is 83.3 Å². The average Bonchev–Trinajstić information content (AvgIpc) is 3.02. The van der Waals surface area contributed by atoms with E-state index in [1.807, 2.05) is 23.9 Å². The van der Waals surface area contributed by atoms with Gasteiger partial charge in [0.25, 0.3) is 0 Å². The lowest BCUT2D eigenvalue weighted by atomic mass is 10.1. The van der Waals surface area contributed by atoms with Crippen LogP contribution >= 0.6 is 0 Å². The number of ether oxygens (including phenoxy) is 3. The first-order valence-electron chi connectivity index (χ1n) is 9.73. The summed E-state index contributed by atoms with van der Waals surface area (Å²) in [5.74, 6) is 2.98. The average molecular weight is 399 g/mol. The standard InChI is InChI=1S/C21H29N5O3/c1-8-9-14-17-18(26(4)25-14)21(22-12(2)3)24-20(23-17)13-10-15(27-5)19(29-7)16(11-13)28-6/h10-12H,8-9H2,1-7H3,(H,22,23,24). The highest BCUT2D eigenvalue weighted by Crippen LogP contribution is 2.41. The molecule has 0 atom stereocenters. The second kappa shape index (κ2) is 8.55. The summed E-state index contributed by atoms with van der Waals surface area (Å²) in [6.07, 6.45) is 1.84. The van der Waals surface area contributed by atoms with Crippen LogP contribution in [0.2, 0.25) is 0 Å². The van der Waals surface area contributed by atoms with Crippen LogP contribution in [0.4, 0.5) is 5.82 Å². The number of aromatic nitrogens is 4. The number of aryl methyl sites for hydroxylation is 2. The normalized spacial score (nSPS) is 11.2. The number of methoxy groups -OCH3 is 3. The number of nitrogens with zero attached hydrogens (tertiary/aromatic N) is 4. The van der Waals surface area contributed by atoms with Gasteiger partial charge in [-0.05, 0) is 32.4 Å². The molecular formula is C21H29N5O3. The molecule has 156 valence electrons. The van der Waals surface area contributed by atoms with E-state index in [1.54, 1.807) is 21.3 Å². The number of nitrogens with one attached hydrogen (secondary N) is 1. The number of rotatable bonds is 8. The van der Waals surface area contributed by atoms with Crippen LogP contribution in [0.5, 0.6) is 17.2 Å². The highest BCUT2D eigenvalue weighted by molar-refractivity contribution is 5.89. The third kappa shape index (κ3) is 3.92. The lowest BCUT2D eigenvalue weighted by Gasteiger charge is -2.15. The number of anilines is 1. The molecule has 0 saturated heterocycles. The molecule has 0 aliphatic carbocycles. The Bertz CT molecular complexity index is 988. The Hall–Kier alpha value is -3.03. The van der Waals surface area contributed by atoms with Gasteiger partial charge in [0.2, 0.25) is 5.75 Å². The maximum absolute atomic E-state index is 5.50. The van der Waals surface area contributed by atoms with E-state index in [4.69, 9.17) is 24.2 Å². The smallest absolute Gasteiger partial charge is 0.203 e. The van der Waals surface area contributed by atoms with Gasteiger partial charge in [-0.2, -0.15) is 5.10 Å². The van der Waals surface area contributed by atoms with Gasteiger partial charge in [0.05, 0.1) is 27.0 Å². The molecular weight excluding hydrogens is 370 g/mol. The van der Waals surface area contributed by atoms with Crippen molar-refractivity contribution >= 4 is 16.9 Å². The van der Waals surface area contributed by atoms with Crippen LogP contribution in [0.1, 0.15) is 32.9 Å². The Morgan fingerprint density at radius 2 is 1.69 bits per heavy atom. The second-order valence-electron chi connectivity index (χ2n) is 7.13. The van der Waals surface area contributed by atoms with E-state index in [2.05, 4.69) is 31.2 Å². The Balaban J connectivity index is 2.28. The van der Waals surface area contributed by atoms with Crippen LogP contribution in [-0.2, 0) is 13.5 Å². The quantitative estimate of drug-likeness (QED) is 0.616. The van der Waals surface area contributed by atoms with Crippen molar-refractivity contribution in [2.75, 3.05) is 26.6 Å². The third-order valence-electron chi connectivity index (χ3n) is 4.59. The van der Waals surface area contributed by atoms with E-state index in [0.29, 0.717) is 23.1 Å². The van der Waals surface area contributed by atoms with Crippen LogP contribution < -0.4 is 19.5 Å². The van der Waals surface area contributed by atoms with Gasteiger partial charge in [-0.3, -0.25) is 4.68 Å². The van der Waals surface area contributed by atoms with Gasteiger partial charge in [0.1, 0.15) is 11.0 Å². The van der Waals surface area contributed by atoms with E-state index < -0.39 is 0 Å². The molecule has 0 aliphatic rings.